The Morgan fingerprint density at radius 3 is 2.74 bits per heavy atom. The summed E-state index contributed by atoms with van der Waals surface area (Å²) >= 11 is 0. The van der Waals surface area contributed by atoms with Crippen LogP contribution in [0.4, 0.5) is 11.4 Å². The molecule has 1 saturated heterocycles. The Morgan fingerprint density at radius 1 is 1.21 bits per heavy atom. The molecule has 0 radical (unpaired) electrons. The lowest BCUT2D eigenvalue weighted by atomic mass is 10.1. The largest absolute Gasteiger partial charge is 0.491 e. The molecular formula is C16H26N2O. The Labute approximate surface area is 116 Å². The number of ether oxygens (including phenoxy) is 1. The minimum absolute atomic E-state index is 0.177. The third-order valence-corrected chi connectivity index (χ3v) is 3.67. The van der Waals surface area contributed by atoms with Gasteiger partial charge in [-0.3, -0.25) is 0 Å². The minimum atomic E-state index is 0.177. The lowest BCUT2D eigenvalue weighted by Crippen LogP contribution is -2.32. The Kier molecular flexibility index (Phi) is 4.56. The van der Waals surface area contributed by atoms with Crippen molar-refractivity contribution < 1.29 is 4.74 Å². The quantitative estimate of drug-likeness (QED) is 0.841. The second kappa shape index (κ2) is 6.18. The maximum Gasteiger partial charge on any atom is 0.123 e. The van der Waals surface area contributed by atoms with E-state index in [1.54, 1.807) is 0 Å². The normalized spacial score (nSPS) is 20.4. The standard InChI is InChI=1S/C16H26N2O/c1-12(2)19-16-10-14(17)9-15(11-16)18-8-6-4-5-7-13(18)3/h9-13H,4-8,17H2,1-3H3. The summed E-state index contributed by atoms with van der Waals surface area (Å²) in [6.07, 6.45) is 5.36. The van der Waals surface area contributed by atoms with Gasteiger partial charge in [-0.05, 0) is 39.7 Å². The smallest absolute Gasteiger partial charge is 0.123 e. The zero-order chi connectivity index (χ0) is 13.8. The van der Waals surface area contributed by atoms with Crippen LogP contribution in [0.3, 0.4) is 0 Å². The predicted molar refractivity (Wildman–Crippen MR) is 81.9 cm³/mol. The van der Waals surface area contributed by atoms with Crippen molar-refractivity contribution in [2.75, 3.05) is 17.2 Å². The minimum Gasteiger partial charge on any atom is -0.491 e. The molecule has 1 aromatic rings. The molecule has 0 saturated carbocycles. The number of benzene rings is 1. The summed E-state index contributed by atoms with van der Waals surface area (Å²) in [7, 11) is 0. The van der Waals surface area contributed by atoms with Gasteiger partial charge in [-0.1, -0.05) is 12.8 Å². The van der Waals surface area contributed by atoms with Crippen LogP contribution < -0.4 is 15.4 Å². The van der Waals surface area contributed by atoms with Gasteiger partial charge in [0, 0.05) is 36.1 Å². The predicted octanol–water partition coefficient (Wildman–Crippen LogP) is 3.82. The van der Waals surface area contributed by atoms with Crippen LogP contribution in [0.25, 0.3) is 0 Å². The summed E-state index contributed by atoms with van der Waals surface area (Å²) in [5, 5.41) is 0. The van der Waals surface area contributed by atoms with Gasteiger partial charge in [0.05, 0.1) is 6.10 Å². The van der Waals surface area contributed by atoms with Crippen LogP contribution in [0.5, 0.6) is 5.75 Å². The van der Waals surface area contributed by atoms with E-state index in [0.29, 0.717) is 6.04 Å². The third kappa shape index (κ3) is 3.79. The highest BCUT2D eigenvalue weighted by Gasteiger charge is 2.18. The summed E-state index contributed by atoms with van der Waals surface area (Å²) in [6.45, 7) is 7.50. The Bertz CT molecular complexity index is 417. The first-order valence-electron chi connectivity index (χ1n) is 7.40. The molecule has 0 bridgehead atoms. The molecule has 0 spiro atoms. The first kappa shape index (κ1) is 14.0. The number of hydrogen-bond donors (Lipinski definition) is 1. The zero-order valence-corrected chi connectivity index (χ0v) is 12.4. The number of rotatable bonds is 3. The molecule has 1 heterocycles. The van der Waals surface area contributed by atoms with Crippen molar-refractivity contribution in [1.29, 1.82) is 0 Å². The maximum atomic E-state index is 6.02. The first-order chi connectivity index (χ1) is 9.06. The molecule has 3 nitrogen and oxygen atoms in total. The van der Waals surface area contributed by atoms with Crippen LogP contribution in [0, 0.1) is 0 Å². The fourth-order valence-corrected chi connectivity index (χ4v) is 2.77. The van der Waals surface area contributed by atoms with E-state index >= 15 is 0 Å². The molecular weight excluding hydrogens is 236 g/mol. The van der Waals surface area contributed by atoms with E-state index in [0.717, 1.165) is 18.0 Å². The molecule has 0 amide bonds. The van der Waals surface area contributed by atoms with E-state index in [1.165, 1.54) is 31.4 Å². The Balaban J connectivity index is 2.24. The highest BCUT2D eigenvalue weighted by Crippen LogP contribution is 2.30. The zero-order valence-electron chi connectivity index (χ0n) is 12.4. The van der Waals surface area contributed by atoms with Crippen molar-refractivity contribution in [3.63, 3.8) is 0 Å². The molecule has 19 heavy (non-hydrogen) atoms. The topological polar surface area (TPSA) is 38.5 Å². The highest BCUT2D eigenvalue weighted by atomic mass is 16.5. The molecule has 1 unspecified atom stereocenters. The molecule has 0 aliphatic carbocycles. The van der Waals surface area contributed by atoms with E-state index in [9.17, 15) is 0 Å². The third-order valence-electron chi connectivity index (χ3n) is 3.67. The van der Waals surface area contributed by atoms with E-state index in [1.807, 2.05) is 19.9 Å². The van der Waals surface area contributed by atoms with Gasteiger partial charge in [0.2, 0.25) is 0 Å². The number of nitrogen functional groups attached to an aromatic ring is 1. The summed E-state index contributed by atoms with van der Waals surface area (Å²) < 4.78 is 5.79. The van der Waals surface area contributed by atoms with Gasteiger partial charge in [-0.2, -0.15) is 0 Å². The molecule has 3 heteroatoms. The van der Waals surface area contributed by atoms with Crippen molar-refractivity contribution >= 4 is 11.4 Å². The second-order valence-corrected chi connectivity index (χ2v) is 5.82. The van der Waals surface area contributed by atoms with Crippen LogP contribution in [-0.4, -0.2) is 18.7 Å². The number of hydrogen-bond acceptors (Lipinski definition) is 3. The highest BCUT2D eigenvalue weighted by molar-refractivity contribution is 5.61. The van der Waals surface area contributed by atoms with E-state index in [2.05, 4.69) is 24.0 Å². The van der Waals surface area contributed by atoms with E-state index < -0.39 is 0 Å². The fourth-order valence-electron chi connectivity index (χ4n) is 2.77. The number of nitrogens with two attached hydrogens (primary N) is 1. The molecule has 106 valence electrons. The summed E-state index contributed by atoms with van der Waals surface area (Å²) in [5.74, 6) is 0.876. The van der Waals surface area contributed by atoms with Crippen LogP contribution in [0.15, 0.2) is 18.2 Å². The summed E-state index contributed by atoms with van der Waals surface area (Å²) in [6, 6.07) is 6.68. The molecule has 2 N–H and O–H groups in total. The Morgan fingerprint density at radius 2 is 2.00 bits per heavy atom. The maximum absolute atomic E-state index is 6.02. The van der Waals surface area contributed by atoms with Crippen molar-refractivity contribution in [2.24, 2.45) is 0 Å². The summed E-state index contributed by atoms with van der Waals surface area (Å²) in [5.41, 5.74) is 8.00. The molecule has 0 aromatic heterocycles. The average molecular weight is 262 g/mol. The van der Waals surface area contributed by atoms with Gasteiger partial charge in [-0.25, -0.2) is 0 Å². The molecule has 1 fully saturated rings. The second-order valence-electron chi connectivity index (χ2n) is 5.82. The van der Waals surface area contributed by atoms with E-state index in [-0.39, 0.29) is 6.10 Å². The van der Waals surface area contributed by atoms with Crippen molar-refractivity contribution in [2.45, 2.75) is 58.6 Å². The molecule has 2 rings (SSSR count). The van der Waals surface area contributed by atoms with Crippen molar-refractivity contribution in [3.8, 4) is 5.75 Å². The van der Waals surface area contributed by atoms with Crippen LogP contribution in [-0.2, 0) is 0 Å². The van der Waals surface area contributed by atoms with E-state index in [4.69, 9.17) is 10.5 Å². The van der Waals surface area contributed by atoms with Gasteiger partial charge < -0.3 is 15.4 Å². The Hall–Kier alpha value is -1.38. The first-order valence-corrected chi connectivity index (χ1v) is 7.40. The molecule has 1 atom stereocenters. The average Bonchev–Trinajstić information content (AvgIpc) is 2.52. The number of nitrogens with zero attached hydrogens (tertiary/aromatic N) is 1. The van der Waals surface area contributed by atoms with Gasteiger partial charge in [0.25, 0.3) is 0 Å². The van der Waals surface area contributed by atoms with Crippen molar-refractivity contribution in [3.05, 3.63) is 18.2 Å². The number of anilines is 2. The van der Waals surface area contributed by atoms with Crippen LogP contribution >= 0.6 is 0 Å². The van der Waals surface area contributed by atoms with Gasteiger partial charge in [-0.15, -0.1) is 0 Å². The molecule has 1 aromatic carbocycles. The molecule has 1 aliphatic rings. The van der Waals surface area contributed by atoms with Crippen LogP contribution in [0.2, 0.25) is 0 Å². The van der Waals surface area contributed by atoms with Crippen LogP contribution in [0.1, 0.15) is 46.5 Å². The van der Waals surface area contributed by atoms with Gasteiger partial charge in [0.15, 0.2) is 0 Å². The SMILES string of the molecule is CC(C)Oc1cc(N)cc(N2CCCCCC2C)c1. The summed E-state index contributed by atoms with van der Waals surface area (Å²) in [4.78, 5) is 2.47. The van der Waals surface area contributed by atoms with Gasteiger partial charge in [0.1, 0.15) is 5.75 Å². The van der Waals surface area contributed by atoms with Gasteiger partial charge >= 0.3 is 0 Å². The fraction of sp³-hybridized carbons (Fsp3) is 0.625. The van der Waals surface area contributed by atoms with Crippen molar-refractivity contribution in [1.82, 2.24) is 0 Å². The lowest BCUT2D eigenvalue weighted by molar-refractivity contribution is 0.242. The molecule has 1 aliphatic heterocycles. The lowest BCUT2D eigenvalue weighted by Gasteiger charge is -2.30. The monoisotopic (exact) mass is 262 g/mol.